The van der Waals surface area contributed by atoms with E-state index < -0.39 is 0 Å². The van der Waals surface area contributed by atoms with Crippen molar-refractivity contribution in [2.24, 2.45) is 17.8 Å². The SMILES string of the molecule is CC(C)CN(C(=O)C#Cc1ccccc1)[C@H]1CC[C@H]2[C@H]3Cc4c(O)ccc5c4[C@@]2(CCN3CC2CC2)[C@H]1O5. The minimum Gasteiger partial charge on any atom is -0.508 e. The molecule has 38 heavy (non-hydrogen) atoms. The zero-order valence-corrected chi connectivity index (χ0v) is 22.5. The van der Waals surface area contributed by atoms with E-state index >= 15 is 0 Å². The summed E-state index contributed by atoms with van der Waals surface area (Å²) >= 11 is 0. The molecular weight excluding hydrogens is 472 g/mol. The lowest BCUT2D eigenvalue weighted by Crippen LogP contribution is -2.69. The van der Waals surface area contributed by atoms with E-state index in [1.54, 1.807) is 0 Å². The van der Waals surface area contributed by atoms with Crippen molar-refractivity contribution in [2.45, 2.75) is 76.0 Å². The number of carbonyl (C=O) groups excluding carboxylic acids is 1. The van der Waals surface area contributed by atoms with E-state index in [1.807, 2.05) is 47.4 Å². The molecule has 3 aliphatic carbocycles. The number of aromatic hydroxyl groups is 1. The Labute approximate surface area is 226 Å². The Kier molecular flexibility index (Phi) is 5.74. The Morgan fingerprint density at radius 1 is 1.16 bits per heavy atom. The first-order valence-electron chi connectivity index (χ1n) is 14.6. The molecule has 0 aromatic heterocycles. The van der Waals surface area contributed by atoms with E-state index in [0.717, 1.165) is 55.0 Å². The van der Waals surface area contributed by atoms with Gasteiger partial charge < -0.3 is 14.7 Å². The summed E-state index contributed by atoms with van der Waals surface area (Å²) in [6.07, 6.45) is 6.58. The Balaban J connectivity index is 1.27. The lowest BCUT2D eigenvalue weighted by atomic mass is 9.50. The molecule has 3 fully saturated rings. The summed E-state index contributed by atoms with van der Waals surface area (Å²) < 4.78 is 6.88. The average molecular weight is 511 g/mol. The first-order chi connectivity index (χ1) is 18.5. The van der Waals surface area contributed by atoms with Crippen LogP contribution in [0.2, 0.25) is 0 Å². The number of piperidine rings is 1. The monoisotopic (exact) mass is 510 g/mol. The molecule has 2 aliphatic heterocycles. The predicted molar refractivity (Wildman–Crippen MR) is 147 cm³/mol. The standard InChI is InChI=1S/C33H38N2O3/c1-21(2)19-35(30(37)15-10-22-6-4-3-5-7-22)26-12-11-25-27-18-24-28(36)13-14-29-31(24)33(25,32(26)38-29)16-17-34(27)20-23-8-9-23/h3-7,13-14,21,23,25-27,32,36H,8-9,11-12,16-20H2,1-2H3/t25-,26-,27+,32-,33-/m0/s1. The van der Waals surface area contributed by atoms with Crippen molar-refractivity contribution in [2.75, 3.05) is 19.6 Å². The van der Waals surface area contributed by atoms with E-state index in [1.165, 1.54) is 24.9 Å². The van der Waals surface area contributed by atoms with Crippen LogP contribution >= 0.6 is 0 Å². The highest BCUT2D eigenvalue weighted by molar-refractivity contribution is 5.94. The molecule has 5 heteroatoms. The van der Waals surface area contributed by atoms with Crippen LogP contribution in [0, 0.1) is 29.6 Å². The molecule has 2 aromatic rings. The molecule has 1 amide bonds. The highest BCUT2D eigenvalue weighted by Crippen LogP contribution is 2.64. The van der Waals surface area contributed by atoms with Gasteiger partial charge in [-0.15, -0.1) is 0 Å². The van der Waals surface area contributed by atoms with Crippen molar-refractivity contribution in [3.63, 3.8) is 0 Å². The van der Waals surface area contributed by atoms with Gasteiger partial charge in [-0.2, -0.15) is 0 Å². The molecule has 2 saturated carbocycles. The van der Waals surface area contributed by atoms with Gasteiger partial charge in [0.05, 0.1) is 6.04 Å². The van der Waals surface area contributed by atoms with Crippen LogP contribution < -0.4 is 4.74 Å². The lowest BCUT2D eigenvalue weighted by molar-refractivity contribution is -0.137. The summed E-state index contributed by atoms with van der Waals surface area (Å²) in [5, 5.41) is 11.0. The van der Waals surface area contributed by atoms with Crippen molar-refractivity contribution in [1.29, 1.82) is 0 Å². The molecule has 2 bridgehead atoms. The van der Waals surface area contributed by atoms with Crippen molar-refractivity contribution in [1.82, 2.24) is 9.80 Å². The molecule has 2 aromatic carbocycles. The van der Waals surface area contributed by atoms with Gasteiger partial charge in [0.25, 0.3) is 5.91 Å². The normalized spacial score (nSPS) is 30.7. The van der Waals surface area contributed by atoms with Gasteiger partial charge in [0, 0.05) is 47.2 Å². The second kappa shape index (κ2) is 9.06. The molecule has 5 aliphatic rings. The topological polar surface area (TPSA) is 53.0 Å². The molecular formula is C33H38N2O3. The van der Waals surface area contributed by atoms with E-state index in [0.29, 0.717) is 30.2 Å². The number of amides is 1. The zero-order chi connectivity index (χ0) is 26.0. The number of hydrogen-bond acceptors (Lipinski definition) is 4. The summed E-state index contributed by atoms with van der Waals surface area (Å²) in [5.41, 5.74) is 3.07. The van der Waals surface area contributed by atoms with Crippen molar-refractivity contribution >= 4 is 5.91 Å². The highest BCUT2D eigenvalue weighted by Gasteiger charge is 2.66. The maximum atomic E-state index is 13.7. The summed E-state index contributed by atoms with van der Waals surface area (Å²) in [6, 6.07) is 14.0. The van der Waals surface area contributed by atoms with Gasteiger partial charge in [-0.3, -0.25) is 9.69 Å². The number of carbonyl (C=O) groups is 1. The molecule has 2 heterocycles. The van der Waals surface area contributed by atoms with Gasteiger partial charge in [-0.1, -0.05) is 38.0 Å². The van der Waals surface area contributed by atoms with Crippen LogP contribution in [0.1, 0.15) is 62.6 Å². The number of likely N-dealkylation sites (tertiary alicyclic amines) is 1. The Morgan fingerprint density at radius 3 is 2.74 bits per heavy atom. The molecule has 1 saturated heterocycles. The van der Waals surface area contributed by atoms with E-state index in [-0.39, 0.29) is 23.5 Å². The van der Waals surface area contributed by atoms with Crippen LogP contribution in [0.3, 0.4) is 0 Å². The third-order valence-corrected chi connectivity index (χ3v) is 9.92. The quantitative estimate of drug-likeness (QED) is 0.590. The van der Waals surface area contributed by atoms with Crippen molar-refractivity contribution in [3.05, 3.63) is 59.2 Å². The molecule has 0 unspecified atom stereocenters. The van der Waals surface area contributed by atoms with E-state index in [4.69, 9.17) is 4.74 Å². The Bertz CT molecular complexity index is 1310. The Hall–Kier alpha value is -2.97. The fourth-order valence-corrected chi connectivity index (χ4v) is 8.27. The lowest BCUT2D eigenvalue weighted by Gasteiger charge is -2.60. The van der Waals surface area contributed by atoms with Gasteiger partial charge in [0.1, 0.15) is 17.6 Å². The van der Waals surface area contributed by atoms with Gasteiger partial charge >= 0.3 is 0 Å². The molecule has 0 radical (unpaired) electrons. The summed E-state index contributed by atoms with van der Waals surface area (Å²) in [6.45, 7) is 7.27. The number of hydrogen-bond donors (Lipinski definition) is 1. The third kappa shape index (κ3) is 3.75. The highest BCUT2D eigenvalue weighted by atomic mass is 16.5. The van der Waals surface area contributed by atoms with Gasteiger partial charge in [-0.25, -0.2) is 0 Å². The van der Waals surface area contributed by atoms with Crippen molar-refractivity contribution in [3.8, 4) is 23.3 Å². The van der Waals surface area contributed by atoms with Gasteiger partial charge in [0.2, 0.25) is 0 Å². The molecule has 198 valence electrons. The van der Waals surface area contributed by atoms with Gasteiger partial charge in [-0.05, 0) is 87.1 Å². The third-order valence-electron chi connectivity index (χ3n) is 9.92. The predicted octanol–water partition coefficient (Wildman–Crippen LogP) is 4.75. The van der Waals surface area contributed by atoms with Crippen LogP contribution in [-0.4, -0.2) is 58.6 Å². The number of phenols is 1. The minimum atomic E-state index is -0.141. The number of rotatable bonds is 5. The second-order valence-corrected chi connectivity index (χ2v) is 12.7. The molecule has 1 N–H and O–H groups in total. The van der Waals surface area contributed by atoms with E-state index in [9.17, 15) is 9.90 Å². The summed E-state index contributed by atoms with van der Waals surface area (Å²) in [4.78, 5) is 18.5. The largest absolute Gasteiger partial charge is 0.508 e. The number of ether oxygens (including phenoxy) is 1. The maximum Gasteiger partial charge on any atom is 0.299 e. The summed E-state index contributed by atoms with van der Waals surface area (Å²) in [5.74, 6) is 8.98. The maximum absolute atomic E-state index is 13.7. The first-order valence-corrected chi connectivity index (χ1v) is 14.6. The van der Waals surface area contributed by atoms with Crippen LogP contribution in [0.4, 0.5) is 0 Å². The smallest absolute Gasteiger partial charge is 0.299 e. The zero-order valence-electron chi connectivity index (χ0n) is 22.5. The number of benzene rings is 2. The number of phenolic OH excluding ortho intramolecular Hbond substituents is 1. The first kappa shape index (κ1) is 24.1. The molecule has 5 nitrogen and oxygen atoms in total. The minimum absolute atomic E-state index is 0.0256. The van der Waals surface area contributed by atoms with Crippen molar-refractivity contribution < 1.29 is 14.6 Å². The van der Waals surface area contributed by atoms with Crippen LogP contribution in [-0.2, 0) is 16.6 Å². The molecule has 5 atom stereocenters. The fraction of sp³-hybridized carbons (Fsp3) is 0.545. The fourth-order valence-electron chi connectivity index (χ4n) is 8.27. The van der Waals surface area contributed by atoms with Gasteiger partial charge in [0.15, 0.2) is 0 Å². The number of nitrogens with zero attached hydrogens (tertiary/aromatic N) is 2. The van der Waals surface area contributed by atoms with Crippen LogP contribution in [0.15, 0.2) is 42.5 Å². The van der Waals surface area contributed by atoms with E-state index in [2.05, 4.69) is 30.6 Å². The summed E-state index contributed by atoms with van der Waals surface area (Å²) in [7, 11) is 0. The molecule has 1 spiro atoms. The van der Waals surface area contributed by atoms with Crippen LogP contribution in [0.5, 0.6) is 11.5 Å². The molecule has 7 rings (SSSR count). The average Bonchev–Trinajstić information content (AvgIpc) is 3.67. The Morgan fingerprint density at radius 2 is 1.97 bits per heavy atom. The van der Waals surface area contributed by atoms with Crippen LogP contribution in [0.25, 0.3) is 0 Å². The second-order valence-electron chi connectivity index (χ2n) is 12.7.